The molecule has 0 spiro atoms. The molecule has 0 bridgehead atoms. The third-order valence-electron chi connectivity index (χ3n) is 4.24. The molecule has 0 aromatic heterocycles. The van der Waals surface area contributed by atoms with E-state index in [1.54, 1.807) is 0 Å². The van der Waals surface area contributed by atoms with E-state index in [0.29, 0.717) is 6.04 Å². The highest BCUT2D eigenvalue weighted by Crippen LogP contribution is 2.20. The van der Waals surface area contributed by atoms with Crippen molar-refractivity contribution in [3.8, 4) is 0 Å². The summed E-state index contributed by atoms with van der Waals surface area (Å²) in [5.41, 5.74) is 0. The van der Waals surface area contributed by atoms with Gasteiger partial charge in [0.25, 0.3) is 0 Å². The molecule has 1 N–H and O–H groups in total. The lowest BCUT2D eigenvalue weighted by molar-refractivity contribution is -0.139. The van der Waals surface area contributed by atoms with E-state index < -0.39 is 18.6 Å². The number of nitrogens with zero attached hydrogens (tertiary/aromatic N) is 2. The number of nitrogens with one attached hydrogen (secondary N) is 1. The van der Waals surface area contributed by atoms with Gasteiger partial charge in [-0.3, -0.25) is 14.6 Å². The van der Waals surface area contributed by atoms with Crippen LogP contribution in [-0.2, 0) is 4.79 Å². The molecular formula is C14H24F3N3O. The maximum Gasteiger partial charge on any atom is 0.405 e. The minimum absolute atomic E-state index is 0.0699. The highest BCUT2D eigenvalue weighted by Gasteiger charge is 2.30. The van der Waals surface area contributed by atoms with E-state index in [1.165, 1.54) is 19.3 Å². The molecule has 0 unspecified atom stereocenters. The van der Waals surface area contributed by atoms with Crippen LogP contribution >= 0.6 is 0 Å². The summed E-state index contributed by atoms with van der Waals surface area (Å²) in [6.45, 7) is 2.64. The van der Waals surface area contributed by atoms with Gasteiger partial charge in [-0.15, -0.1) is 0 Å². The largest absolute Gasteiger partial charge is 0.405 e. The Hall–Kier alpha value is -0.820. The van der Waals surface area contributed by atoms with Gasteiger partial charge < -0.3 is 5.32 Å². The van der Waals surface area contributed by atoms with E-state index in [0.717, 1.165) is 39.0 Å². The Balaban J connectivity index is 1.74. The first-order valence-electron chi connectivity index (χ1n) is 7.74. The lowest BCUT2D eigenvalue weighted by Gasteiger charge is -2.40. The first-order chi connectivity index (χ1) is 9.94. The lowest BCUT2D eigenvalue weighted by Crippen LogP contribution is -2.51. The van der Waals surface area contributed by atoms with Gasteiger partial charge in [-0.2, -0.15) is 13.2 Å². The standard InChI is InChI=1S/C14H24F3N3O/c15-14(16,17)11-18-13(21)10-19-6-4-5-12(9-19)20-7-2-1-3-8-20/h12H,1-11H2,(H,18,21)/t12-/m1/s1. The van der Waals surface area contributed by atoms with E-state index in [4.69, 9.17) is 0 Å². The second-order valence-corrected chi connectivity index (χ2v) is 6.02. The molecule has 0 saturated carbocycles. The number of likely N-dealkylation sites (tertiary alicyclic amines) is 2. The van der Waals surface area contributed by atoms with Crippen LogP contribution in [-0.4, -0.2) is 67.2 Å². The van der Waals surface area contributed by atoms with Crippen LogP contribution in [0.25, 0.3) is 0 Å². The summed E-state index contributed by atoms with van der Waals surface area (Å²) < 4.78 is 36.2. The molecular weight excluding hydrogens is 283 g/mol. The minimum atomic E-state index is -4.34. The van der Waals surface area contributed by atoms with Crippen LogP contribution < -0.4 is 5.32 Å². The molecule has 2 aliphatic heterocycles. The molecule has 7 heteroatoms. The van der Waals surface area contributed by atoms with Crippen molar-refractivity contribution in [3.05, 3.63) is 0 Å². The summed E-state index contributed by atoms with van der Waals surface area (Å²) in [6, 6.07) is 0.453. The molecule has 1 amide bonds. The molecule has 2 fully saturated rings. The number of halogens is 3. The quantitative estimate of drug-likeness (QED) is 0.857. The van der Waals surface area contributed by atoms with Gasteiger partial charge in [0.1, 0.15) is 6.54 Å². The first kappa shape index (κ1) is 16.5. The van der Waals surface area contributed by atoms with Gasteiger partial charge in [0.2, 0.25) is 5.91 Å². The van der Waals surface area contributed by atoms with Gasteiger partial charge in [-0.25, -0.2) is 0 Å². The normalized spacial score (nSPS) is 25.8. The topological polar surface area (TPSA) is 35.6 Å². The zero-order valence-electron chi connectivity index (χ0n) is 12.3. The Kier molecular flexibility index (Phi) is 5.87. The molecule has 0 aromatic rings. The molecule has 0 aromatic carbocycles. The Bertz CT molecular complexity index is 343. The fraction of sp³-hybridized carbons (Fsp3) is 0.929. The number of hydrogen-bond acceptors (Lipinski definition) is 3. The minimum Gasteiger partial charge on any atom is -0.346 e. The summed E-state index contributed by atoms with van der Waals surface area (Å²) in [6.07, 6.45) is 1.53. The summed E-state index contributed by atoms with van der Waals surface area (Å²) in [4.78, 5) is 16.0. The molecule has 1 atom stereocenters. The molecule has 4 nitrogen and oxygen atoms in total. The first-order valence-corrected chi connectivity index (χ1v) is 7.74. The number of alkyl halides is 3. The number of rotatable bonds is 4. The Labute approximate surface area is 123 Å². The Morgan fingerprint density at radius 2 is 1.81 bits per heavy atom. The van der Waals surface area contributed by atoms with Gasteiger partial charge >= 0.3 is 6.18 Å². The number of carbonyl (C=O) groups is 1. The predicted molar refractivity (Wildman–Crippen MR) is 74.0 cm³/mol. The van der Waals surface area contributed by atoms with Crippen LogP contribution in [0.2, 0.25) is 0 Å². The smallest absolute Gasteiger partial charge is 0.346 e. The van der Waals surface area contributed by atoms with Gasteiger partial charge in [-0.1, -0.05) is 6.42 Å². The molecule has 2 saturated heterocycles. The van der Waals surface area contributed by atoms with Crippen LogP contribution in [0, 0.1) is 0 Å². The van der Waals surface area contributed by atoms with Gasteiger partial charge in [0.15, 0.2) is 0 Å². The van der Waals surface area contributed by atoms with E-state index in [2.05, 4.69) is 4.90 Å². The highest BCUT2D eigenvalue weighted by atomic mass is 19.4. The molecule has 122 valence electrons. The molecule has 2 heterocycles. The maximum absolute atomic E-state index is 12.1. The monoisotopic (exact) mass is 307 g/mol. The number of hydrogen-bond donors (Lipinski definition) is 1. The van der Waals surface area contributed by atoms with Crippen LogP contribution in [0.3, 0.4) is 0 Å². The molecule has 2 aliphatic rings. The van der Waals surface area contributed by atoms with Crippen LogP contribution in [0.4, 0.5) is 13.2 Å². The van der Waals surface area contributed by atoms with Gasteiger partial charge in [0.05, 0.1) is 6.54 Å². The van der Waals surface area contributed by atoms with Crippen molar-refractivity contribution in [3.63, 3.8) is 0 Å². The Morgan fingerprint density at radius 1 is 1.10 bits per heavy atom. The maximum atomic E-state index is 12.1. The van der Waals surface area contributed by atoms with Crippen molar-refractivity contribution >= 4 is 5.91 Å². The summed E-state index contributed by atoms with van der Waals surface area (Å²) in [5, 5.41) is 1.95. The van der Waals surface area contributed by atoms with E-state index in [1.807, 2.05) is 10.2 Å². The zero-order valence-corrected chi connectivity index (χ0v) is 12.3. The Morgan fingerprint density at radius 3 is 2.48 bits per heavy atom. The van der Waals surface area contributed by atoms with E-state index in [-0.39, 0.29) is 6.54 Å². The number of amides is 1. The van der Waals surface area contributed by atoms with Crippen molar-refractivity contribution in [2.75, 3.05) is 39.3 Å². The summed E-state index contributed by atoms with van der Waals surface area (Å²) >= 11 is 0. The molecule has 0 radical (unpaired) electrons. The van der Waals surface area contributed by atoms with Gasteiger partial charge in [-0.05, 0) is 45.3 Å². The van der Waals surface area contributed by atoms with Crippen molar-refractivity contribution in [1.29, 1.82) is 0 Å². The van der Waals surface area contributed by atoms with Crippen LogP contribution in [0.1, 0.15) is 32.1 Å². The average molecular weight is 307 g/mol. The van der Waals surface area contributed by atoms with Crippen LogP contribution in [0.15, 0.2) is 0 Å². The highest BCUT2D eigenvalue weighted by molar-refractivity contribution is 5.78. The summed E-state index contributed by atoms with van der Waals surface area (Å²) in [5.74, 6) is -0.536. The van der Waals surface area contributed by atoms with Gasteiger partial charge in [0, 0.05) is 12.6 Å². The second kappa shape index (κ2) is 7.45. The number of carbonyl (C=O) groups excluding carboxylic acids is 1. The molecule has 21 heavy (non-hydrogen) atoms. The predicted octanol–water partition coefficient (Wildman–Crippen LogP) is 1.62. The van der Waals surface area contributed by atoms with Crippen molar-refractivity contribution in [1.82, 2.24) is 15.1 Å². The average Bonchev–Trinajstić information content (AvgIpc) is 2.46. The summed E-state index contributed by atoms with van der Waals surface area (Å²) in [7, 11) is 0. The lowest BCUT2D eigenvalue weighted by atomic mass is 10.0. The third kappa shape index (κ3) is 5.82. The molecule has 0 aliphatic carbocycles. The second-order valence-electron chi connectivity index (χ2n) is 6.02. The third-order valence-corrected chi connectivity index (χ3v) is 4.24. The zero-order chi connectivity index (χ0) is 15.3. The fourth-order valence-electron chi connectivity index (χ4n) is 3.21. The van der Waals surface area contributed by atoms with Crippen molar-refractivity contribution in [2.24, 2.45) is 0 Å². The van der Waals surface area contributed by atoms with Crippen molar-refractivity contribution in [2.45, 2.75) is 44.3 Å². The van der Waals surface area contributed by atoms with E-state index >= 15 is 0 Å². The fourth-order valence-corrected chi connectivity index (χ4v) is 3.21. The molecule has 2 rings (SSSR count). The van der Waals surface area contributed by atoms with Crippen molar-refractivity contribution < 1.29 is 18.0 Å². The SMILES string of the molecule is O=C(CN1CCC[C@@H](N2CCCCC2)C1)NCC(F)(F)F. The van der Waals surface area contributed by atoms with Crippen LogP contribution in [0.5, 0.6) is 0 Å². The van der Waals surface area contributed by atoms with E-state index in [9.17, 15) is 18.0 Å². The number of piperidine rings is 2.